The lowest BCUT2D eigenvalue weighted by atomic mass is 10.1. The first-order valence-electron chi connectivity index (χ1n) is 6.57. The van der Waals surface area contributed by atoms with Gasteiger partial charge in [0, 0.05) is 17.7 Å². The standard InChI is InChI=1S/C15H20FN3/c1-10(2)7-17-8-13-9-18-19-15(13)12-5-4-11(3)14(16)6-12/h4-6,9-10,17H,7-8H2,1-3H3,(H,18,19). The maximum absolute atomic E-state index is 13.6. The number of benzene rings is 1. The van der Waals surface area contributed by atoms with Crippen molar-refractivity contribution in [1.29, 1.82) is 0 Å². The molecule has 0 radical (unpaired) electrons. The molecular formula is C15H20FN3. The Morgan fingerprint density at radius 1 is 1.37 bits per heavy atom. The number of nitrogens with zero attached hydrogens (tertiary/aromatic N) is 1. The predicted octanol–water partition coefficient (Wildman–Crippen LogP) is 3.27. The summed E-state index contributed by atoms with van der Waals surface area (Å²) < 4.78 is 13.6. The summed E-state index contributed by atoms with van der Waals surface area (Å²) in [5.74, 6) is 0.417. The van der Waals surface area contributed by atoms with Gasteiger partial charge in [-0.15, -0.1) is 0 Å². The summed E-state index contributed by atoms with van der Waals surface area (Å²) in [5.41, 5.74) is 3.43. The molecule has 0 aliphatic carbocycles. The van der Waals surface area contributed by atoms with E-state index < -0.39 is 0 Å². The second kappa shape index (κ2) is 5.97. The Balaban J connectivity index is 2.16. The van der Waals surface area contributed by atoms with Crippen LogP contribution >= 0.6 is 0 Å². The van der Waals surface area contributed by atoms with Crippen LogP contribution in [0.5, 0.6) is 0 Å². The van der Waals surface area contributed by atoms with E-state index in [4.69, 9.17) is 0 Å². The van der Waals surface area contributed by atoms with Crippen LogP contribution in [-0.4, -0.2) is 16.7 Å². The van der Waals surface area contributed by atoms with E-state index in [-0.39, 0.29) is 5.82 Å². The molecule has 0 aliphatic rings. The third kappa shape index (κ3) is 3.41. The molecule has 0 spiro atoms. The Labute approximate surface area is 113 Å². The third-order valence-electron chi connectivity index (χ3n) is 3.05. The van der Waals surface area contributed by atoms with E-state index in [9.17, 15) is 4.39 Å². The first-order chi connectivity index (χ1) is 9.08. The Hall–Kier alpha value is -1.68. The fraction of sp³-hybridized carbons (Fsp3) is 0.400. The number of hydrogen-bond acceptors (Lipinski definition) is 2. The molecule has 4 heteroatoms. The minimum atomic E-state index is -0.187. The highest BCUT2D eigenvalue weighted by atomic mass is 19.1. The molecule has 3 nitrogen and oxygen atoms in total. The van der Waals surface area contributed by atoms with Crippen molar-refractivity contribution < 1.29 is 4.39 Å². The van der Waals surface area contributed by atoms with Crippen LogP contribution < -0.4 is 5.32 Å². The van der Waals surface area contributed by atoms with Crippen molar-refractivity contribution in [1.82, 2.24) is 15.5 Å². The molecule has 1 aromatic heterocycles. The molecule has 0 unspecified atom stereocenters. The maximum Gasteiger partial charge on any atom is 0.126 e. The number of H-pyrrole nitrogens is 1. The maximum atomic E-state index is 13.6. The van der Waals surface area contributed by atoms with Crippen molar-refractivity contribution >= 4 is 0 Å². The second-order valence-electron chi connectivity index (χ2n) is 5.26. The van der Waals surface area contributed by atoms with Crippen molar-refractivity contribution in [2.24, 2.45) is 5.92 Å². The average Bonchev–Trinajstić information content (AvgIpc) is 2.80. The Morgan fingerprint density at radius 2 is 2.16 bits per heavy atom. The van der Waals surface area contributed by atoms with Crippen LogP contribution in [0.2, 0.25) is 0 Å². The molecule has 1 aromatic carbocycles. The second-order valence-corrected chi connectivity index (χ2v) is 5.26. The minimum absolute atomic E-state index is 0.187. The zero-order valence-electron chi connectivity index (χ0n) is 11.6. The van der Waals surface area contributed by atoms with Gasteiger partial charge in [0.25, 0.3) is 0 Å². The number of halogens is 1. The first kappa shape index (κ1) is 13.7. The van der Waals surface area contributed by atoms with Crippen molar-refractivity contribution in [2.75, 3.05) is 6.54 Å². The van der Waals surface area contributed by atoms with E-state index in [1.807, 2.05) is 6.07 Å². The van der Waals surface area contributed by atoms with E-state index in [2.05, 4.69) is 29.4 Å². The SMILES string of the molecule is Cc1ccc(-c2[nH]ncc2CNCC(C)C)cc1F. The Kier molecular flexibility index (Phi) is 4.32. The summed E-state index contributed by atoms with van der Waals surface area (Å²) in [6.07, 6.45) is 1.79. The van der Waals surface area contributed by atoms with Crippen LogP contribution in [0.15, 0.2) is 24.4 Å². The van der Waals surface area contributed by atoms with Crippen LogP contribution in [-0.2, 0) is 6.54 Å². The molecule has 2 aromatic rings. The fourth-order valence-electron chi connectivity index (χ4n) is 1.94. The van der Waals surface area contributed by atoms with Gasteiger partial charge in [-0.05, 0) is 31.0 Å². The number of hydrogen-bond donors (Lipinski definition) is 2. The van der Waals surface area contributed by atoms with Gasteiger partial charge >= 0.3 is 0 Å². The van der Waals surface area contributed by atoms with E-state index in [0.717, 1.165) is 29.9 Å². The van der Waals surface area contributed by atoms with Crippen molar-refractivity contribution in [2.45, 2.75) is 27.3 Å². The summed E-state index contributed by atoms with van der Waals surface area (Å²) in [6.45, 7) is 7.78. The van der Waals surface area contributed by atoms with Crippen molar-refractivity contribution in [3.63, 3.8) is 0 Å². The quantitative estimate of drug-likeness (QED) is 0.867. The van der Waals surface area contributed by atoms with E-state index in [1.54, 1.807) is 25.3 Å². The van der Waals surface area contributed by atoms with Gasteiger partial charge in [0.15, 0.2) is 0 Å². The number of aromatic nitrogens is 2. The van der Waals surface area contributed by atoms with E-state index in [0.29, 0.717) is 11.5 Å². The largest absolute Gasteiger partial charge is 0.312 e. The van der Waals surface area contributed by atoms with E-state index in [1.165, 1.54) is 0 Å². The molecule has 19 heavy (non-hydrogen) atoms. The lowest BCUT2D eigenvalue weighted by Crippen LogP contribution is -2.19. The zero-order valence-corrected chi connectivity index (χ0v) is 11.6. The highest BCUT2D eigenvalue weighted by Crippen LogP contribution is 2.23. The van der Waals surface area contributed by atoms with Crippen LogP contribution in [0.1, 0.15) is 25.0 Å². The molecule has 2 rings (SSSR count). The van der Waals surface area contributed by atoms with Gasteiger partial charge in [-0.25, -0.2) is 4.39 Å². The van der Waals surface area contributed by atoms with Gasteiger partial charge in [0.1, 0.15) is 5.82 Å². The number of aromatic amines is 1. The number of rotatable bonds is 5. The summed E-state index contributed by atoms with van der Waals surface area (Å²) in [6, 6.07) is 5.25. The fourth-order valence-corrected chi connectivity index (χ4v) is 1.94. The molecule has 102 valence electrons. The van der Waals surface area contributed by atoms with Crippen LogP contribution in [0.25, 0.3) is 11.3 Å². The van der Waals surface area contributed by atoms with Gasteiger partial charge in [0.2, 0.25) is 0 Å². The summed E-state index contributed by atoms with van der Waals surface area (Å²) in [5, 5.41) is 10.4. The monoisotopic (exact) mass is 261 g/mol. The van der Waals surface area contributed by atoms with Gasteiger partial charge in [-0.2, -0.15) is 5.10 Å². The summed E-state index contributed by atoms with van der Waals surface area (Å²) in [4.78, 5) is 0. The average molecular weight is 261 g/mol. The highest BCUT2D eigenvalue weighted by molar-refractivity contribution is 5.63. The topological polar surface area (TPSA) is 40.7 Å². The normalized spacial score (nSPS) is 11.2. The molecule has 0 amide bonds. The molecule has 1 heterocycles. The Bertz CT molecular complexity index is 546. The van der Waals surface area contributed by atoms with Gasteiger partial charge in [-0.3, -0.25) is 5.10 Å². The zero-order chi connectivity index (χ0) is 13.8. The van der Waals surface area contributed by atoms with Crippen LogP contribution in [0.3, 0.4) is 0 Å². The first-order valence-corrected chi connectivity index (χ1v) is 6.57. The Morgan fingerprint density at radius 3 is 2.84 bits per heavy atom. The molecule has 0 bridgehead atoms. The summed E-state index contributed by atoms with van der Waals surface area (Å²) >= 11 is 0. The van der Waals surface area contributed by atoms with Gasteiger partial charge < -0.3 is 5.32 Å². The molecule has 2 N–H and O–H groups in total. The smallest absolute Gasteiger partial charge is 0.126 e. The van der Waals surface area contributed by atoms with Gasteiger partial charge in [0.05, 0.1) is 11.9 Å². The molecule has 0 aliphatic heterocycles. The molecule has 0 atom stereocenters. The molecule has 0 fully saturated rings. The third-order valence-corrected chi connectivity index (χ3v) is 3.05. The predicted molar refractivity (Wildman–Crippen MR) is 75.3 cm³/mol. The van der Waals surface area contributed by atoms with Crippen LogP contribution in [0.4, 0.5) is 4.39 Å². The minimum Gasteiger partial charge on any atom is -0.312 e. The van der Waals surface area contributed by atoms with Crippen molar-refractivity contribution in [3.05, 3.63) is 41.3 Å². The number of nitrogens with one attached hydrogen (secondary N) is 2. The number of aryl methyl sites for hydroxylation is 1. The highest BCUT2D eigenvalue weighted by Gasteiger charge is 2.09. The van der Waals surface area contributed by atoms with Crippen molar-refractivity contribution in [3.8, 4) is 11.3 Å². The lowest BCUT2D eigenvalue weighted by molar-refractivity contribution is 0.552. The molecule has 0 saturated heterocycles. The van der Waals surface area contributed by atoms with Crippen LogP contribution in [0, 0.1) is 18.7 Å². The van der Waals surface area contributed by atoms with Gasteiger partial charge in [-0.1, -0.05) is 26.0 Å². The van der Waals surface area contributed by atoms with E-state index >= 15 is 0 Å². The molecular weight excluding hydrogens is 241 g/mol. The lowest BCUT2D eigenvalue weighted by Gasteiger charge is -2.08. The molecule has 0 saturated carbocycles. The summed E-state index contributed by atoms with van der Waals surface area (Å²) in [7, 11) is 0.